The molecule has 4 nitrogen and oxygen atoms in total. The van der Waals surface area contributed by atoms with Gasteiger partial charge in [-0.05, 0) is 12.1 Å². The van der Waals surface area contributed by atoms with Crippen molar-refractivity contribution < 1.29 is 13.5 Å². The van der Waals surface area contributed by atoms with Crippen LogP contribution in [0.5, 0.6) is 0 Å². The van der Waals surface area contributed by atoms with Crippen molar-refractivity contribution in [3.8, 4) is 0 Å². The van der Waals surface area contributed by atoms with Crippen molar-refractivity contribution in [1.29, 1.82) is 0 Å². The maximum Gasteiger partial charge on any atom is 0.193 e. The molecule has 1 N–H and O–H groups in total. The first kappa shape index (κ1) is 15.2. The molecule has 0 aliphatic carbocycles. The summed E-state index contributed by atoms with van der Waals surface area (Å²) in [7, 11) is 0. The normalized spacial score (nSPS) is 22.5. The molecule has 1 aromatic heterocycles. The van der Waals surface area contributed by atoms with E-state index in [1.807, 2.05) is 12.1 Å². The maximum absolute atomic E-state index is 14.4. The lowest BCUT2D eigenvalue weighted by atomic mass is 9.88. The summed E-state index contributed by atoms with van der Waals surface area (Å²) >= 11 is 6.24. The zero-order valence-corrected chi connectivity index (χ0v) is 13.0. The first-order valence-corrected chi connectivity index (χ1v) is 7.63. The second-order valence-corrected chi connectivity index (χ2v) is 5.98. The van der Waals surface area contributed by atoms with Crippen LogP contribution in [-0.2, 0) is 16.8 Å². The van der Waals surface area contributed by atoms with Crippen molar-refractivity contribution >= 4 is 11.6 Å². The molecule has 1 fully saturated rings. The van der Waals surface area contributed by atoms with Crippen LogP contribution in [0.3, 0.4) is 0 Å². The number of aromatic nitrogens is 3. The lowest BCUT2D eigenvalue weighted by Gasteiger charge is -2.13. The van der Waals surface area contributed by atoms with Crippen molar-refractivity contribution in [1.82, 2.24) is 15.2 Å². The minimum atomic E-state index is -1.03. The van der Waals surface area contributed by atoms with Gasteiger partial charge in [0.2, 0.25) is 0 Å². The topological polar surface area (TPSA) is 54.1 Å². The Morgan fingerprint density at radius 2 is 2.08 bits per heavy atom. The molecule has 2 heterocycles. The highest BCUT2D eigenvalue weighted by Crippen LogP contribution is 2.60. The molecule has 3 aromatic rings. The van der Waals surface area contributed by atoms with Crippen molar-refractivity contribution in [2.75, 3.05) is 0 Å². The molecule has 0 saturated carbocycles. The zero-order valence-electron chi connectivity index (χ0n) is 12.3. The van der Waals surface area contributed by atoms with Gasteiger partial charge < -0.3 is 4.74 Å². The number of epoxide rings is 1. The van der Waals surface area contributed by atoms with E-state index >= 15 is 0 Å². The van der Waals surface area contributed by atoms with Gasteiger partial charge in [-0.25, -0.2) is 13.8 Å². The number of H-pyrrole nitrogens is 1. The SMILES string of the molecule is Fc1ccc(C2(Cc3n[c][nH]n3)OC2c2ccccc2Cl)c(F)c1. The number of rotatable bonds is 4. The fraction of sp³-hybridized carbons (Fsp3) is 0.176. The highest BCUT2D eigenvalue weighted by atomic mass is 35.5. The molecular weight excluding hydrogens is 336 g/mol. The molecule has 1 aliphatic heterocycles. The van der Waals surface area contributed by atoms with Crippen LogP contribution in [-0.4, -0.2) is 15.2 Å². The number of hydrogen-bond acceptors (Lipinski definition) is 3. The van der Waals surface area contributed by atoms with Crippen LogP contribution < -0.4 is 0 Å². The fourth-order valence-electron chi connectivity index (χ4n) is 2.96. The third-order valence-corrected chi connectivity index (χ3v) is 4.45. The first-order chi connectivity index (χ1) is 11.6. The smallest absolute Gasteiger partial charge is 0.193 e. The van der Waals surface area contributed by atoms with E-state index in [1.54, 1.807) is 12.1 Å². The zero-order chi connectivity index (χ0) is 16.7. The monoisotopic (exact) mass is 346 g/mol. The van der Waals surface area contributed by atoms with Crippen molar-refractivity contribution in [2.45, 2.75) is 18.1 Å². The second-order valence-electron chi connectivity index (χ2n) is 5.57. The molecule has 2 unspecified atom stereocenters. The van der Waals surface area contributed by atoms with Crippen LogP contribution >= 0.6 is 11.6 Å². The van der Waals surface area contributed by atoms with Gasteiger partial charge in [-0.1, -0.05) is 35.9 Å². The minimum Gasteiger partial charge on any atom is -0.355 e. The maximum atomic E-state index is 14.4. The van der Waals surface area contributed by atoms with Crippen LogP contribution in [0, 0.1) is 18.0 Å². The Kier molecular flexibility index (Phi) is 3.58. The Balaban J connectivity index is 1.79. The van der Waals surface area contributed by atoms with E-state index in [4.69, 9.17) is 16.3 Å². The van der Waals surface area contributed by atoms with Crippen molar-refractivity contribution in [3.05, 3.63) is 82.4 Å². The first-order valence-electron chi connectivity index (χ1n) is 7.25. The van der Waals surface area contributed by atoms with Gasteiger partial charge in [0.1, 0.15) is 23.3 Å². The Labute approximate surface area is 141 Å². The molecule has 0 bridgehead atoms. The number of halogens is 3. The summed E-state index contributed by atoms with van der Waals surface area (Å²) in [5.41, 5.74) is -0.0419. The Hall–Kier alpha value is -2.31. The molecule has 121 valence electrons. The van der Waals surface area contributed by atoms with Gasteiger partial charge in [0.15, 0.2) is 12.2 Å². The lowest BCUT2D eigenvalue weighted by Crippen LogP contribution is -2.17. The Morgan fingerprint density at radius 3 is 2.79 bits per heavy atom. The van der Waals surface area contributed by atoms with E-state index < -0.39 is 23.3 Å². The number of benzene rings is 2. The van der Waals surface area contributed by atoms with E-state index in [0.717, 1.165) is 11.6 Å². The summed E-state index contributed by atoms with van der Waals surface area (Å²) in [6.45, 7) is 0. The van der Waals surface area contributed by atoms with Gasteiger partial charge in [0.05, 0.1) is 0 Å². The summed E-state index contributed by atoms with van der Waals surface area (Å²) < 4.78 is 33.6. The van der Waals surface area contributed by atoms with Crippen LogP contribution in [0.15, 0.2) is 42.5 Å². The molecular formula is C17H11ClF2N3O. The molecule has 2 aromatic carbocycles. The van der Waals surface area contributed by atoms with Crippen LogP contribution in [0.25, 0.3) is 0 Å². The fourth-order valence-corrected chi connectivity index (χ4v) is 3.20. The number of nitrogens with zero attached hydrogens (tertiary/aromatic N) is 2. The average Bonchev–Trinajstić information content (AvgIpc) is 3.01. The summed E-state index contributed by atoms with van der Waals surface area (Å²) in [6.07, 6.45) is 2.25. The standard InChI is InChI=1S/C17H11ClF2N3O/c18-13-4-2-1-3-11(13)16-17(24-16,8-15-21-9-22-23-15)12-6-5-10(19)7-14(12)20/h1-7,16H,8H2,(H,21,22,23). The molecule has 1 radical (unpaired) electrons. The number of ether oxygens (including phenoxy) is 1. The predicted molar refractivity (Wildman–Crippen MR) is 82.2 cm³/mol. The van der Waals surface area contributed by atoms with Crippen LogP contribution in [0.4, 0.5) is 8.78 Å². The van der Waals surface area contributed by atoms with Gasteiger partial charge in [0, 0.05) is 28.6 Å². The van der Waals surface area contributed by atoms with E-state index in [1.165, 1.54) is 12.1 Å². The van der Waals surface area contributed by atoms with E-state index in [9.17, 15) is 8.78 Å². The molecule has 0 spiro atoms. The lowest BCUT2D eigenvalue weighted by molar-refractivity contribution is 0.285. The average molecular weight is 347 g/mol. The largest absolute Gasteiger partial charge is 0.355 e. The van der Waals surface area contributed by atoms with Crippen molar-refractivity contribution in [3.63, 3.8) is 0 Å². The summed E-state index contributed by atoms with van der Waals surface area (Å²) in [4.78, 5) is 3.96. The van der Waals surface area contributed by atoms with Crippen LogP contribution in [0.2, 0.25) is 5.02 Å². The Bertz CT molecular complexity index is 887. The van der Waals surface area contributed by atoms with E-state index in [0.29, 0.717) is 10.8 Å². The van der Waals surface area contributed by atoms with Crippen molar-refractivity contribution in [2.24, 2.45) is 0 Å². The number of nitrogens with one attached hydrogen (secondary N) is 1. The minimum absolute atomic E-state index is 0.214. The predicted octanol–water partition coefficient (Wildman–Crippen LogP) is 3.75. The number of aromatic amines is 1. The molecule has 1 saturated heterocycles. The van der Waals surface area contributed by atoms with Gasteiger partial charge in [-0.15, -0.1) is 0 Å². The van der Waals surface area contributed by atoms with Gasteiger partial charge in [-0.3, -0.25) is 5.10 Å². The molecule has 7 heteroatoms. The third kappa shape index (κ3) is 2.48. The molecule has 24 heavy (non-hydrogen) atoms. The highest BCUT2D eigenvalue weighted by Gasteiger charge is 2.60. The third-order valence-electron chi connectivity index (χ3n) is 4.11. The molecule has 2 atom stereocenters. The van der Waals surface area contributed by atoms with Crippen LogP contribution in [0.1, 0.15) is 23.1 Å². The summed E-state index contributed by atoms with van der Waals surface area (Å²) in [5.74, 6) is -0.898. The van der Waals surface area contributed by atoms with E-state index in [-0.39, 0.29) is 12.0 Å². The van der Waals surface area contributed by atoms with Gasteiger partial charge in [0.25, 0.3) is 0 Å². The molecule has 1 aliphatic rings. The Morgan fingerprint density at radius 1 is 1.25 bits per heavy atom. The quantitative estimate of drug-likeness (QED) is 0.732. The van der Waals surface area contributed by atoms with Gasteiger partial charge in [-0.2, -0.15) is 5.10 Å². The molecule has 0 amide bonds. The summed E-state index contributed by atoms with van der Waals surface area (Å²) in [5, 5.41) is 6.99. The van der Waals surface area contributed by atoms with Gasteiger partial charge >= 0.3 is 0 Å². The second kappa shape index (κ2) is 5.65. The summed E-state index contributed by atoms with van der Waals surface area (Å²) in [6, 6.07) is 10.6. The highest BCUT2D eigenvalue weighted by molar-refractivity contribution is 6.31. The molecule has 4 rings (SSSR count). The van der Waals surface area contributed by atoms with E-state index in [2.05, 4.69) is 21.5 Å². The number of hydrogen-bond donors (Lipinski definition) is 1.